The first-order valence-electron chi connectivity index (χ1n) is 7.81. The molecule has 124 valence electrons. The van der Waals surface area contributed by atoms with Crippen LogP contribution in [0.4, 0.5) is 0 Å². The largest absolute Gasteiger partial charge is 0.497 e. The summed E-state index contributed by atoms with van der Waals surface area (Å²) in [6.45, 7) is 3.90. The number of carbonyl (C=O) groups is 1. The molecule has 0 spiro atoms. The van der Waals surface area contributed by atoms with Crippen molar-refractivity contribution in [2.24, 2.45) is 0 Å². The second kappa shape index (κ2) is 6.50. The van der Waals surface area contributed by atoms with E-state index in [0.717, 1.165) is 17.3 Å². The van der Waals surface area contributed by atoms with Crippen molar-refractivity contribution >= 4 is 16.8 Å². The molecule has 1 aromatic carbocycles. The van der Waals surface area contributed by atoms with E-state index in [0.29, 0.717) is 36.9 Å². The minimum absolute atomic E-state index is 0.0102. The highest BCUT2D eigenvalue weighted by Gasteiger charge is 2.25. The van der Waals surface area contributed by atoms with Crippen LogP contribution in [0.25, 0.3) is 10.9 Å². The number of aromatic amines is 1. The zero-order valence-corrected chi connectivity index (χ0v) is 13.7. The molecule has 23 heavy (non-hydrogen) atoms. The average Bonchev–Trinajstić information content (AvgIpc) is 3.04. The highest BCUT2D eigenvalue weighted by molar-refractivity contribution is 6.00. The Morgan fingerprint density at radius 1 is 1.35 bits per heavy atom. The van der Waals surface area contributed by atoms with Crippen LogP contribution in [-0.4, -0.2) is 55.8 Å². The normalized spacial score (nSPS) is 18.2. The second-order valence-electron chi connectivity index (χ2n) is 5.63. The molecule has 0 bridgehead atoms. The van der Waals surface area contributed by atoms with Crippen LogP contribution in [0.3, 0.4) is 0 Å². The summed E-state index contributed by atoms with van der Waals surface area (Å²) in [5.41, 5.74) is 1.36. The maximum atomic E-state index is 12.8. The van der Waals surface area contributed by atoms with Gasteiger partial charge < -0.3 is 24.1 Å². The summed E-state index contributed by atoms with van der Waals surface area (Å²) in [6, 6.07) is 5.54. The van der Waals surface area contributed by atoms with Crippen LogP contribution in [-0.2, 0) is 4.74 Å². The van der Waals surface area contributed by atoms with Gasteiger partial charge in [-0.05, 0) is 18.6 Å². The minimum atomic E-state index is -0.0102. The van der Waals surface area contributed by atoms with Gasteiger partial charge in [0, 0.05) is 24.5 Å². The molecule has 0 unspecified atom stereocenters. The summed E-state index contributed by atoms with van der Waals surface area (Å²) in [4.78, 5) is 17.8. The number of H-pyrrole nitrogens is 1. The maximum absolute atomic E-state index is 12.8. The molecule has 6 nitrogen and oxygen atoms in total. The molecule has 2 aromatic rings. The summed E-state index contributed by atoms with van der Waals surface area (Å²) in [6.07, 6.45) is 1.02. The third-order valence-electron chi connectivity index (χ3n) is 4.23. The Morgan fingerprint density at radius 3 is 2.87 bits per heavy atom. The summed E-state index contributed by atoms with van der Waals surface area (Å²) in [5.74, 6) is 1.35. The number of aromatic nitrogens is 1. The Kier molecular flexibility index (Phi) is 4.43. The topological polar surface area (TPSA) is 63.8 Å². The molecule has 0 aliphatic carbocycles. The number of benzene rings is 1. The summed E-state index contributed by atoms with van der Waals surface area (Å²) in [7, 11) is 3.21. The first-order valence-corrected chi connectivity index (χ1v) is 7.81. The summed E-state index contributed by atoms with van der Waals surface area (Å²) < 4.78 is 16.3. The number of hydrogen-bond donors (Lipinski definition) is 1. The van der Waals surface area contributed by atoms with E-state index in [2.05, 4.69) is 11.9 Å². The van der Waals surface area contributed by atoms with Gasteiger partial charge in [-0.15, -0.1) is 0 Å². The first-order chi connectivity index (χ1) is 11.2. The summed E-state index contributed by atoms with van der Waals surface area (Å²) in [5, 5.41) is 0.893. The molecule has 3 rings (SSSR count). The number of carbonyl (C=O) groups excluding carboxylic acids is 1. The van der Waals surface area contributed by atoms with Crippen LogP contribution in [0, 0.1) is 0 Å². The number of hydrogen-bond acceptors (Lipinski definition) is 4. The number of ether oxygens (including phenoxy) is 3. The fourth-order valence-electron chi connectivity index (χ4n) is 2.90. The molecule has 6 heteroatoms. The molecule has 2 heterocycles. The molecule has 1 aliphatic rings. The highest BCUT2D eigenvalue weighted by atomic mass is 16.5. The fourth-order valence-corrected chi connectivity index (χ4v) is 2.90. The lowest BCUT2D eigenvalue weighted by Gasteiger charge is -2.32. The number of methoxy groups -OCH3 is 2. The molecule has 1 atom stereocenters. The zero-order valence-electron chi connectivity index (χ0n) is 13.7. The summed E-state index contributed by atoms with van der Waals surface area (Å²) >= 11 is 0. The van der Waals surface area contributed by atoms with Crippen molar-refractivity contribution in [1.29, 1.82) is 0 Å². The smallest absolute Gasteiger partial charge is 0.270 e. The van der Waals surface area contributed by atoms with Crippen LogP contribution in [0.1, 0.15) is 23.8 Å². The number of nitrogens with one attached hydrogen (secondary N) is 1. The number of amides is 1. The molecule has 1 amide bonds. The van der Waals surface area contributed by atoms with E-state index in [9.17, 15) is 4.79 Å². The van der Waals surface area contributed by atoms with Crippen molar-refractivity contribution in [1.82, 2.24) is 9.88 Å². The number of nitrogens with zero attached hydrogens (tertiary/aromatic N) is 1. The Morgan fingerprint density at radius 2 is 2.17 bits per heavy atom. The molecule has 1 aromatic heterocycles. The van der Waals surface area contributed by atoms with Crippen molar-refractivity contribution in [3.8, 4) is 11.5 Å². The van der Waals surface area contributed by atoms with E-state index in [1.165, 1.54) is 0 Å². The lowest BCUT2D eigenvalue weighted by molar-refractivity contribution is -0.0227. The van der Waals surface area contributed by atoms with Gasteiger partial charge in [0.15, 0.2) is 0 Å². The molecule has 0 saturated carbocycles. The van der Waals surface area contributed by atoms with Gasteiger partial charge in [-0.2, -0.15) is 0 Å². The van der Waals surface area contributed by atoms with Gasteiger partial charge >= 0.3 is 0 Å². The monoisotopic (exact) mass is 318 g/mol. The highest BCUT2D eigenvalue weighted by Crippen LogP contribution is 2.31. The Balaban J connectivity index is 1.92. The van der Waals surface area contributed by atoms with Crippen molar-refractivity contribution in [2.75, 3.05) is 33.9 Å². The molecule has 1 N–H and O–H groups in total. The third kappa shape index (κ3) is 2.99. The number of morpholine rings is 1. The molecule has 1 fully saturated rings. The van der Waals surface area contributed by atoms with Crippen molar-refractivity contribution < 1.29 is 19.0 Å². The van der Waals surface area contributed by atoms with Gasteiger partial charge in [-0.1, -0.05) is 6.92 Å². The SMILES string of the molecule is CC[C@@H]1CN(C(=O)c2cc3cc(OC)cc(OC)c3[nH]2)CCO1. The predicted molar refractivity (Wildman–Crippen MR) is 87.3 cm³/mol. The Hall–Kier alpha value is -2.21. The zero-order chi connectivity index (χ0) is 16.4. The van der Waals surface area contributed by atoms with E-state index in [4.69, 9.17) is 14.2 Å². The van der Waals surface area contributed by atoms with Gasteiger partial charge in [0.25, 0.3) is 5.91 Å². The Labute approximate surface area is 135 Å². The van der Waals surface area contributed by atoms with Gasteiger partial charge in [-0.25, -0.2) is 0 Å². The van der Waals surface area contributed by atoms with Crippen LogP contribution in [0.15, 0.2) is 18.2 Å². The van der Waals surface area contributed by atoms with Crippen molar-refractivity contribution in [3.63, 3.8) is 0 Å². The van der Waals surface area contributed by atoms with Gasteiger partial charge in [0.1, 0.15) is 17.2 Å². The number of fused-ring (bicyclic) bond motifs is 1. The van der Waals surface area contributed by atoms with Crippen LogP contribution >= 0.6 is 0 Å². The van der Waals surface area contributed by atoms with E-state index >= 15 is 0 Å². The first kappa shape index (κ1) is 15.7. The molecular formula is C17H22N2O4. The lowest BCUT2D eigenvalue weighted by atomic mass is 10.2. The second-order valence-corrected chi connectivity index (χ2v) is 5.63. The molecular weight excluding hydrogens is 296 g/mol. The van der Waals surface area contributed by atoms with Crippen LogP contribution < -0.4 is 9.47 Å². The van der Waals surface area contributed by atoms with Gasteiger partial charge in [0.05, 0.1) is 32.4 Å². The number of rotatable bonds is 4. The maximum Gasteiger partial charge on any atom is 0.270 e. The minimum Gasteiger partial charge on any atom is -0.497 e. The van der Waals surface area contributed by atoms with Crippen LogP contribution in [0.2, 0.25) is 0 Å². The Bertz CT molecular complexity index is 710. The average molecular weight is 318 g/mol. The standard InChI is InChI=1S/C17H22N2O4/c1-4-12-10-19(5-6-23-12)17(20)14-8-11-7-13(21-2)9-15(22-3)16(11)18-14/h7-9,12,18H,4-6,10H2,1-3H3/t12-/m1/s1. The predicted octanol–water partition coefficient (Wildman–Crippen LogP) is 2.44. The van der Waals surface area contributed by atoms with Gasteiger partial charge in [-0.3, -0.25) is 4.79 Å². The molecule has 0 radical (unpaired) electrons. The van der Waals surface area contributed by atoms with E-state index in [-0.39, 0.29) is 12.0 Å². The van der Waals surface area contributed by atoms with Crippen molar-refractivity contribution in [2.45, 2.75) is 19.4 Å². The van der Waals surface area contributed by atoms with E-state index in [1.54, 1.807) is 20.3 Å². The van der Waals surface area contributed by atoms with Crippen molar-refractivity contribution in [3.05, 3.63) is 23.9 Å². The quantitative estimate of drug-likeness (QED) is 0.940. The molecule has 1 aliphatic heterocycles. The van der Waals surface area contributed by atoms with Crippen LogP contribution in [0.5, 0.6) is 11.5 Å². The lowest BCUT2D eigenvalue weighted by Crippen LogP contribution is -2.45. The third-order valence-corrected chi connectivity index (χ3v) is 4.23. The van der Waals surface area contributed by atoms with E-state index < -0.39 is 0 Å². The van der Waals surface area contributed by atoms with E-state index in [1.807, 2.05) is 17.0 Å². The van der Waals surface area contributed by atoms with Gasteiger partial charge in [0.2, 0.25) is 0 Å². The molecule has 1 saturated heterocycles. The fraction of sp³-hybridized carbons (Fsp3) is 0.471.